The van der Waals surface area contributed by atoms with Crippen molar-refractivity contribution in [1.82, 2.24) is 0 Å². The van der Waals surface area contributed by atoms with Crippen molar-refractivity contribution < 1.29 is 19.4 Å². The van der Waals surface area contributed by atoms with Crippen molar-refractivity contribution >= 4 is 17.1 Å². The molecule has 0 aromatic heterocycles. The number of rotatable bonds is 12. The molecule has 0 aliphatic rings. The highest BCUT2D eigenvalue weighted by Gasteiger charge is 2.28. The van der Waals surface area contributed by atoms with Gasteiger partial charge in [0.2, 0.25) is 0 Å². The molecule has 0 spiro atoms. The van der Waals surface area contributed by atoms with Crippen LogP contribution in [0.4, 0.5) is 0 Å². The number of ether oxygens (including phenoxy) is 1. The highest BCUT2D eigenvalue weighted by Crippen LogP contribution is 2.21. The summed E-state index contributed by atoms with van der Waals surface area (Å²) in [6, 6.07) is 5.65. The normalized spacial score (nSPS) is 12.9. The Morgan fingerprint density at radius 1 is 1.19 bits per heavy atom. The van der Waals surface area contributed by atoms with Crippen molar-refractivity contribution in [1.29, 1.82) is 0 Å². The van der Waals surface area contributed by atoms with E-state index in [2.05, 4.69) is 20.4 Å². The summed E-state index contributed by atoms with van der Waals surface area (Å²) >= 11 is 0. The minimum Gasteiger partial charge on any atom is -0.508 e. The van der Waals surface area contributed by atoms with E-state index in [9.17, 15) is 14.7 Å². The zero-order valence-corrected chi connectivity index (χ0v) is 20.2. The molecule has 0 unspecified atom stereocenters. The van der Waals surface area contributed by atoms with Gasteiger partial charge >= 0.3 is 0 Å². The average Bonchev–Trinajstić information content (AvgIpc) is 2.72. The van der Waals surface area contributed by atoms with E-state index >= 15 is 0 Å². The van der Waals surface area contributed by atoms with Crippen LogP contribution in [0.2, 0.25) is 0 Å². The monoisotopic (exact) mass is 426 g/mol. The van der Waals surface area contributed by atoms with E-state index in [1.165, 1.54) is 0 Å². The third kappa shape index (κ3) is 8.29. The Hall–Kier alpha value is -2.46. The summed E-state index contributed by atoms with van der Waals surface area (Å²) in [5, 5.41) is 10.4. The van der Waals surface area contributed by atoms with E-state index in [1.807, 2.05) is 25.1 Å². The molecule has 0 aliphatic carbocycles. The number of ketones is 2. The fourth-order valence-corrected chi connectivity index (χ4v) is 3.01. The number of hydrogen-bond acceptors (Lipinski definition) is 4. The third-order valence-corrected chi connectivity index (χ3v) is 5.39. The first-order valence-corrected chi connectivity index (χ1v) is 11.0. The summed E-state index contributed by atoms with van der Waals surface area (Å²) in [7, 11) is 0. The number of benzene rings is 1. The second kappa shape index (κ2) is 11.8. The molecule has 1 aromatic carbocycles. The molecule has 4 nitrogen and oxygen atoms in total. The van der Waals surface area contributed by atoms with Crippen LogP contribution in [0.15, 0.2) is 48.3 Å². The number of aliphatic hydroxyl groups is 1. The maximum absolute atomic E-state index is 12.4. The summed E-state index contributed by atoms with van der Waals surface area (Å²) in [4.78, 5) is 24.1. The van der Waals surface area contributed by atoms with Crippen molar-refractivity contribution in [2.75, 3.05) is 6.61 Å². The largest absolute Gasteiger partial charge is 0.508 e. The number of hydrogen-bond donors (Lipinski definition) is 1. The Balaban J connectivity index is 2.81. The number of Topliss-reactive ketones (excluding diaryl/α,β-unsaturated/α-hetero) is 2. The Bertz CT molecular complexity index is 869. The van der Waals surface area contributed by atoms with E-state index in [0.29, 0.717) is 17.9 Å². The van der Waals surface area contributed by atoms with Crippen molar-refractivity contribution in [3.63, 3.8) is 0 Å². The zero-order chi connectivity index (χ0) is 23.8. The molecular formula is C27H38O4. The highest BCUT2D eigenvalue weighted by molar-refractivity contribution is 5.96. The van der Waals surface area contributed by atoms with Gasteiger partial charge in [-0.3, -0.25) is 9.59 Å². The molecule has 0 saturated heterocycles. The quantitative estimate of drug-likeness (QED) is 0.231. The van der Waals surface area contributed by atoms with Crippen LogP contribution in [-0.4, -0.2) is 28.9 Å². The van der Waals surface area contributed by atoms with E-state index in [-0.39, 0.29) is 23.9 Å². The molecule has 1 rings (SSSR count). The lowest BCUT2D eigenvalue weighted by Gasteiger charge is -2.24. The number of carbonyl (C=O) groups excluding carboxylic acids is 2. The molecule has 170 valence electrons. The summed E-state index contributed by atoms with van der Waals surface area (Å²) in [5.74, 6) is 0.669. The van der Waals surface area contributed by atoms with Gasteiger partial charge in [-0.15, -0.1) is 0 Å². The maximum atomic E-state index is 12.4. The van der Waals surface area contributed by atoms with Crippen LogP contribution in [0.1, 0.15) is 82.8 Å². The summed E-state index contributed by atoms with van der Waals surface area (Å²) in [5.41, 5.74) is 3.08. The van der Waals surface area contributed by atoms with Crippen molar-refractivity contribution in [2.24, 2.45) is 5.92 Å². The minimum absolute atomic E-state index is 0.0476. The smallest absolute Gasteiger partial charge is 0.164 e. The molecule has 0 aliphatic heterocycles. The van der Waals surface area contributed by atoms with Crippen LogP contribution in [-0.2, 0) is 16.0 Å². The molecule has 0 amide bonds. The van der Waals surface area contributed by atoms with Gasteiger partial charge in [-0.2, -0.15) is 0 Å². The van der Waals surface area contributed by atoms with Crippen molar-refractivity contribution in [3.05, 3.63) is 65.0 Å². The van der Waals surface area contributed by atoms with Gasteiger partial charge in [-0.05, 0) is 74.8 Å². The molecule has 31 heavy (non-hydrogen) atoms. The highest BCUT2D eigenvalue weighted by atomic mass is 16.5. The van der Waals surface area contributed by atoms with E-state index in [0.717, 1.165) is 35.1 Å². The SMILES string of the molecule is C=C(/C=C\C(O)=C(\C)COC(C)(C)C(=O)CCC(C)C)c1ccc(C(C)=O)c(CC)c1. The number of aryl methyl sites for hydroxylation is 1. The molecule has 0 fully saturated rings. The lowest BCUT2D eigenvalue weighted by atomic mass is 9.96. The van der Waals surface area contributed by atoms with Crippen molar-refractivity contribution in [3.8, 4) is 0 Å². The van der Waals surface area contributed by atoms with Gasteiger partial charge in [0, 0.05) is 12.0 Å². The molecule has 0 heterocycles. The Kier molecular flexibility index (Phi) is 10.1. The van der Waals surface area contributed by atoms with E-state index < -0.39 is 5.60 Å². The molecule has 0 bridgehead atoms. The summed E-state index contributed by atoms with van der Waals surface area (Å²) < 4.78 is 5.81. The molecule has 4 heteroatoms. The number of carbonyl (C=O) groups is 2. The maximum Gasteiger partial charge on any atom is 0.164 e. The average molecular weight is 427 g/mol. The molecule has 0 saturated carbocycles. The molecule has 0 atom stereocenters. The van der Waals surface area contributed by atoms with Gasteiger partial charge in [-0.1, -0.05) is 51.6 Å². The fraction of sp³-hybridized carbons (Fsp3) is 0.481. The minimum atomic E-state index is -0.890. The zero-order valence-electron chi connectivity index (χ0n) is 20.2. The second-order valence-corrected chi connectivity index (χ2v) is 8.96. The lowest BCUT2D eigenvalue weighted by Crippen LogP contribution is -2.35. The van der Waals surface area contributed by atoms with Crippen LogP contribution in [0.3, 0.4) is 0 Å². The first-order chi connectivity index (χ1) is 14.4. The van der Waals surface area contributed by atoms with Crippen LogP contribution >= 0.6 is 0 Å². The van der Waals surface area contributed by atoms with E-state index in [1.54, 1.807) is 39.8 Å². The Morgan fingerprint density at radius 2 is 1.84 bits per heavy atom. The van der Waals surface area contributed by atoms with Crippen molar-refractivity contribution in [2.45, 2.75) is 73.3 Å². The van der Waals surface area contributed by atoms with Crippen LogP contribution in [0, 0.1) is 5.92 Å². The van der Waals surface area contributed by atoms with Crippen LogP contribution in [0.5, 0.6) is 0 Å². The van der Waals surface area contributed by atoms with E-state index in [4.69, 9.17) is 4.74 Å². The van der Waals surface area contributed by atoms with Gasteiger partial charge in [0.15, 0.2) is 11.6 Å². The molecule has 0 radical (unpaired) electrons. The molecular weight excluding hydrogens is 388 g/mol. The summed E-state index contributed by atoms with van der Waals surface area (Å²) in [6.07, 6.45) is 5.40. The summed E-state index contributed by atoms with van der Waals surface area (Å²) in [6.45, 7) is 17.3. The van der Waals surface area contributed by atoms with Gasteiger partial charge < -0.3 is 9.84 Å². The van der Waals surface area contributed by atoms with Gasteiger partial charge in [0.25, 0.3) is 0 Å². The topological polar surface area (TPSA) is 63.6 Å². The van der Waals surface area contributed by atoms with Gasteiger partial charge in [-0.25, -0.2) is 0 Å². The predicted molar refractivity (Wildman–Crippen MR) is 128 cm³/mol. The third-order valence-electron chi connectivity index (χ3n) is 5.39. The Labute approximate surface area is 187 Å². The first kappa shape index (κ1) is 26.6. The first-order valence-electron chi connectivity index (χ1n) is 11.0. The second-order valence-electron chi connectivity index (χ2n) is 8.96. The molecule has 1 aromatic rings. The lowest BCUT2D eigenvalue weighted by molar-refractivity contribution is -0.139. The Morgan fingerprint density at radius 3 is 2.39 bits per heavy atom. The number of aliphatic hydroxyl groups excluding tert-OH is 1. The van der Waals surface area contributed by atoms with Gasteiger partial charge in [0.05, 0.1) is 6.61 Å². The molecule has 1 N–H and O–H groups in total. The predicted octanol–water partition coefficient (Wildman–Crippen LogP) is 6.65. The fourth-order valence-electron chi connectivity index (χ4n) is 3.01. The standard InChI is InChI=1S/C27H38O4/c1-9-22-16-23(12-13-24(22)21(6)28)19(4)11-14-25(29)20(5)17-31-27(7,8)26(30)15-10-18(2)3/h11-14,16,18,29H,4,9-10,15,17H2,1-3,5-8H3/b14-11-,25-20+. The van der Waals surface area contributed by atoms with Crippen LogP contribution < -0.4 is 0 Å². The number of allylic oxidation sites excluding steroid dienone is 3. The van der Waals surface area contributed by atoms with Crippen LogP contribution in [0.25, 0.3) is 5.57 Å². The van der Waals surface area contributed by atoms with Gasteiger partial charge in [0.1, 0.15) is 11.4 Å².